The van der Waals surface area contributed by atoms with Crippen molar-refractivity contribution in [2.24, 2.45) is 13.0 Å². The Morgan fingerprint density at radius 3 is 2.73 bits per heavy atom. The SMILES string of the molecule is C=CC(=C(C)C)c1nc2c(OC3CCC(C(=O)N4CCOCC4)C3)ncnc2n1C. The lowest BCUT2D eigenvalue weighted by Gasteiger charge is -2.29. The van der Waals surface area contributed by atoms with Crippen molar-refractivity contribution < 1.29 is 14.3 Å². The molecule has 8 nitrogen and oxygen atoms in total. The van der Waals surface area contributed by atoms with Crippen LogP contribution in [0, 0.1) is 5.92 Å². The normalized spacial score (nSPS) is 21.6. The first-order chi connectivity index (χ1) is 14.5. The highest BCUT2D eigenvalue weighted by molar-refractivity contribution is 5.83. The largest absolute Gasteiger partial charge is 0.473 e. The van der Waals surface area contributed by atoms with Crippen LogP contribution < -0.4 is 4.74 Å². The number of hydrogen-bond donors (Lipinski definition) is 0. The average Bonchev–Trinajstić information content (AvgIpc) is 3.34. The summed E-state index contributed by atoms with van der Waals surface area (Å²) < 4.78 is 13.5. The third-order valence-electron chi connectivity index (χ3n) is 5.94. The second kappa shape index (κ2) is 8.55. The van der Waals surface area contributed by atoms with Crippen molar-refractivity contribution in [1.82, 2.24) is 24.4 Å². The van der Waals surface area contributed by atoms with Crippen LogP contribution in [0.15, 0.2) is 24.6 Å². The summed E-state index contributed by atoms with van der Waals surface area (Å²) in [6.07, 6.45) is 5.63. The van der Waals surface area contributed by atoms with E-state index >= 15 is 0 Å². The van der Waals surface area contributed by atoms with Gasteiger partial charge < -0.3 is 18.9 Å². The van der Waals surface area contributed by atoms with E-state index in [1.807, 2.05) is 36.4 Å². The number of allylic oxidation sites excluding steroid dienone is 3. The van der Waals surface area contributed by atoms with E-state index in [1.54, 1.807) is 0 Å². The van der Waals surface area contributed by atoms with E-state index in [1.165, 1.54) is 6.33 Å². The van der Waals surface area contributed by atoms with Gasteiger partial charge in [0, 0.05) is 31.6 Å². The van der Waals surface area contributed by atoms with Crippen LogP contribution in [-0.4, -0.2) is 62.7 Å². The molecule has 2 aliphatic rings. The number of hydrogen-bond acceptors (Lipinski definition) is 6. The molecule has 2 fully saturated rings. The number of ether oxygens (including phenoxy) is 2. The Hall–Kier alpha value is -2.74. The molecular formula is C22H29N5O3. The molecule has 3 heterocycles. The number of carbonyl (C=O) groups excluding carboxylic acids is 1. The molecule has 1 aliphatic carbocycles. The predicted octanol–water partition coefficient (Wildman–Crippen LogP) is 2.75. The topological polar surface area (TPSA) is 82.4 Å². The van der Waals surface area contributed by atoms with Crippen molar-refractivity contribution in [3.63, 3.8) is 0 Å². The number of aromatic nitrogens is 4. The molecule has 0 radical (unpaired) electrons. The second-order valence-electron chi connectivity index (χ2n) is 8.15. The first-order valence-corrected chi connectivity index (χ1v) is 10.5. The number of morpholine rings is 1. The van der Waals surface area contributed by atoms with E-state index in [9.17, 15) is 4.79 Å². The lowest BCUT2D eigenvalue weighted by molar-refractivity contribution is -0.139. The van der Waals surface area contributed by atoms with Crippen LogP contribution in [-0.2, 0) is 16.6 Å². The maximum Gasteiger partial charge on any atom is 0.245 e. The van der Waals surface area contributed by atoms with E-state index < -0.39 is 0 Å². The Labute approximate surface area is 176 Å². The van der Waals surface area contributed by atoms with Gasteiger partial charge in [-0.3, -0.25) is 4.79 Å². The van der Waals surface area contributed by atoms with Crippen LogP contribution in [0.4, 0.5) is 0 Å². The van der Waals surface area contributed by atoms with Crippen LogP contribution in [0.25, 0.3) is 16.7 Å². The van der Waals surface area contributed by atoms with Gasteiger partial charge in [-0.2, -0.15) is 4.98 Å². The van der Waals surface area contributed by atoms with Gasteiger partial charge in [-0.25, -0.2) is 9.97 Å². The Kier molecular flexibility index (Phi) is 5.85. The Morgan fingerprint density at radius 1 is 1.27 bits per heavy atom. The molecule has 0 aromatic carbocycles. The number of carbonyl (C=O) groups is 1. The number of amides is 1. The van der Waals surface area contributed by atoms with Crippen molar-refractivity contribution in [2.75, 3.05) is 26.3 Å². The van der Waals surface area contributed by atoms with Gasteiger partial charge in [0.15, 0.2) is 11.2 Å². The van der Waals surface area contributed by atoms with Crippen molar-refractivity contribution in [1.29, 1.82) is 0 Å². The first kappa shape index (κ1) is 20.5. The van der Waals surface area contributed by atoms with Crippen LogP contribution in [0.5, 0.6) is 5.88 Å². The first-order valence-electron chi connectivity index (χ1n) is 10.5. The molecular weight excluding hydrogens is 382 g/mol. The predicted molar refractivity (Wildman–Crippen MR) is 114 cm³/mol. The Bertz CT molecular complexity index is 986. The summed E-state index contributed by atoms with van der Waals surface area (Å²) in [4.78, 5) is 28.2. The molecule has 2 unspecified atom stereocenters. The maximum atomic E-state index is 12.8. The standard InChI is InChI=1S/C22H29N5O3/c1-5-17(14(2)3)19-25-18-20(26(19)4)23-13-24-21(18)30-16-7-6-15(12-16)22(28)27-8-10-29-11-9-27/h5,13,15-16H,1,6-12H2,2-4H3. The van der Waals surface area contributed by atoms with Crippen LogP contribution >= 0.6 is 0 Å². The molecule has 30 heavy (non-hydrogen) atoms. The smallest absolute Gasteiger partial charge is 0.245 e. The summed E-state index contributed by atoms with van der Waals surface area (Å²) in [6, 6.07) is 0. The molecule has 1 saturated carbocycles. The maximum absolute atomic E-state index is 12.8. The van der Waals surface area contributed by atoms with Crippen molar-refractivity contribution in [3.8, 4) is 5.88 Å². The third kappa shape index (κ3) is 3.84. The van der Waals surface area contributed by atoms with Crippen LogP contribution in [0.2, 0.25) is 0 Å². The Balaban J connectivity index is 1.53. The zero-order valence-corrected chi connectivity index (χ0v) is 17.9. The summed E-state index contributed by atoms with van der Waals surface area (Å²) in [6.45, 7) is 10.6. The average molecular weight is 412 g/mol. The molecule has 2 atom stereocenters. The highest BCUT2D eigenvalue weighted by Gasteiger charge is 2.35. The fraction of sp³-hybridized carbons (Fsp3) is 0.545. The molecule has 0 spiro atoms. The lowest BCUT2D eigenvalue weighted by Crippen LogP contribution is -2.43. The fourth-order valence-corrected chi connectivity index (χ4v) is 4.30. The monoisotopic (exact) mass is 411 g/mol. The molecule has 0 N–H and O–H groups in total. The molecule has 4 rings (SSSR count). The highest BCUT2D eigenvalue weighted by atomic mass is 16.5. The summed E-state index contributed by atoms with van der Waals surface area (Å²) in [5, 5.41) is 0. The molecule has 1 saturated heterocycles. The zero-order chi connectivity index (χ0) is 21.3. The number of aryl methyl sites for hydroxylation is 1. The number of imidazole rings is 1. The van der Waals surface area contributed by atoms with Gasteiger partial charge in [-0.05, 0) is 33.1 Å². The van der Waals surface area contributed by atoms with E-state index in [0.717, 1.165) is 35.5 Å². The van der Waals surface area contributed by atoms with Crippen LogP contribution in [0.1, 0.15) is 38.9 Å². The fourth-order valence-electron chi connectivity index (χ4n) is 4.30. The Morgan fingerprint density at radius 2 is 2.03 bits per heavy atom. The molecule has 0 bridgehead atoms. The zero-order valence-electron chi connectivity index (χ0n) is 17.9. The summed E-state index contributed by atoms with van der Waals surface area (Å²) >= 11 is 0. The van der Waals surface area contributed by atoms with Gasteiger partial charge in [0.25, 0.3) is 0 Å². The molecule has 2 aromatic heterocycles. The number of fused-ring (bicyclic) bond motifs is 1. The van der Waals surface area contributed by atoms with Crippen molar-refractivity contribution in [3.05, 3.63) is 30.4 Å². The highest BCUT2D eigenvalue weighted by Crippen LogP contribution is 2.33. The second-order valence-corrected chi connectivity index (χ2v) is 8.15. The van der Waals surface area contributed by atoms with Gasteiger partial charge in [0.05, 0.1) is 13.2 Å². The van der Waals surface area contributed by atoms with E-state index in [0.29, 0.717) is 44.1 Å². The van der Waals surface area contributed by atoms with Crippen molar-refractivity contribution in [2.45, 2.75) is 39.2 Å². The van der Waals surface area contributed by atoms with E-state index in [-0.39, 0.29) is 17.9 Å². The lowest BCUT2D eigenvalue weighted by atomic mass is 10.1. The molecule has 2 aromatic rings. The van der Waals surface area contributed by atoms with Gasteiger partial charge in [-0.1, -0.05) is 18.2 Å². The minimum absolute atomic E-state index is 0.00256. The molecule has 1 amide bonds. The number of rotatable bonds is 5. The van der Waals surface area contributed by atoms with Gasteiger partial charge in [0.2, 0.25) is 11.8 Å². The minimum atomic E-state index is -0.0501. The quantitative estimate of drug-likeness (QED) is 0.704. The van der Waals surface area contributed by atoms with Crippen LogP contribution in [0.3, 0.4) is 0 Å². The van der Waals surface area contributed by atoms with Crippen molar-refractivity contribution >= 4 is 22.6 Å². The summed E-state index contributed by atoms with van der Waals surface area (Å²) in [5.41, 5.74) is 3.45. The van der Waals surface area contributed by atoms with E-state index in [4.69, 9.17) is 14.5 Å². The van der Waals surface area contributed by atoms with Gasteiger partial charge in [-0.15, -0.1) is 0 Å². The van der Waals surface area contributed by atoms with E-state index in [2.05, 4.69) is 16.5 Å². The van der Waals surface area contributed by atoms with Gasteiger partial charge >= 0.3 is 0 Å². The summed E-state index contributed by atoms with van der Waals surface area (Å²) in [5.74, 6) is 1.49. The molecule has 1 aliphatic heterocycles. The van der Waals surface area contributed by atoms with Gasteiger partial charge in [0.1, 0.15) is 18.3 Å². The molecule has 160 valence electrons. The number of nitrogens with zero attached hydrogens (tertiary/aromatic N) is 5. The minimum Gasteiger partial charge on any atom is -0.473 e. The third-order valence-corrected chi connectivity index (χ3v) is 5.94. The summed E-state index contributed by atoms with van der Waals surface area (Å²) in [7, 11) is 1.93. The molecule has 8 heteroatoms.